The maximum absolute atomic E-state index is 5.59. The van der Waals surface area contributed by atoms with Crippen LogP contribution < -0.4 is 10.2 Å². The van der Waals surface area contributed by atoms with E-state index in [0.29, 0.717) is 13.2 Å². The lowest BCUT2D eigenvalue weighted by Gasteiger charge is -2.34. The summed E-state index contributed by atoms with van der Waals surface area (Å²) in [5.41, 5.74) is 4.29. The zero-order valence-corrected chi connectivity index (χ0v) is 16.2. The van der Waals surface area contributed by atoms with Crippen molar-refractivity contribution in [3.63, 3.8) is 0 Å². The summed E-state index contributed by atoms with van der Waals surface area (Å²) >= 11 is 0. The molecule has 0 unspecified atom stereocenters. The third-order valence-corrected chi connectivity index (χ3v) is 4.83. The number of pyridine rings is 1. The molecule has 0 saturated carbocycles. The second-order valence-electron chi connectivity index (χ2n) is 7.08. The van der Waals surface area contributed by atoms with Gasteiger partial charge in [-0.1, -0.05) is 0 Å². The van der Waals surface area contributed by atoms with Gasteiger partial charge in [-0.05, 0) is 38.5 Å². The van der Waals surface area contributed by atoms with Crippen molar-refractivity contribution >= 4 is 17.5 Å². The molecule has 1 aliphatic heterocycles. The summed E-state index contributed by atoms with van der Waals surface area (Å²) in [5, 5.41) is 14.9. The Labute approximate surface area is 158 Å². The first kappa shape index (κ1) is 17.5. The van der Waals surface area contributed by atoms with E-state index < -0.39 is 0 Å². The summed E-state index contributed by atoms with van der Waals surface area (Å²) in [4.78, 5) is 7.15. The number of anilines is 3. The zero-order chi connectivity index (χ0) is 19.0. The first-order chi connectivity index (χ1) is 13.0. The molecule has 0 radical (unpaired) electrons. The van der Waals surface area contributed by atoms with Crippen LogP contribution in [0, 0.1) is 13.8 Å². The highest BCUT2D eigenvalue weighted by Crippen LogP contribution is 2.30. The fourth-order valence-corrected chi connectivity index (χ4v) is 3.51. The molecule has 1 fully saturated rings. The van der Waals surface area contributed by atoms with Gasteiger partial charge >= 0.3 is 0 Å². The Hall–Kier alpha value is -2.87. The molecule has 0 aliphatic carbocycles. The van der Waals surface area contributed by atoms with Crippen LogP contribution in [0.5, 0.6) is 0 Å². The molecule has 8 nitrogen and oxygen atoms in total. The first-order valence-corrected chi connectivity index (χ1v) is 9.16. The number of nitrogens with one attached hydrogen (secondary N) is 2. The average molecular weight is 367 g/mol. The van der Waals surface area contributed by atoms with Crippen molar-refractivity contribution < 1.29 is 4.74 Å². The number of hydrogen-bond acceptors (Lipinski definition) is 6. The van der Waals surface area contributed by atoms with Gasteiger partial charge in [0.15, 0.2) is 5.82 Å². The normalized spacial score (nSPS) is 17.3. The predicted octanol–water partition coefficient (Wildman–Crippen LogP) is 2.79. The number of aryl methyl sites for hydroxylation is 3. The minimum absolute atomic E-state index is 0.273. The van der Waals surface area contributed by atoms with Crippen molar-refractivity contribution in [1.29, 1.82) is 0 Å². The maximum atomic E-state index is 5.59. The number of ether oxygens (including phenoxy) is 1. The van der Waals surface area contributed by atoms with Crippen LogP contribution in [0.1, 0.15) is 18.2 Å². The molecule has 0 spiro atoms. The molecule has 0 aromatic carbocycles. The highest BCUT2D eigenvalue weighted by molar-refractivity contribution is 5.72. The van der Waals surface area contributed by atoms with Gasteiger partial charge in [-0.15, -0.1) is 0 Å². The van der Waals surface area contributed by atoms with Crippen molar-refractivity contribution in [1.82, 2.24) is 25.0 Å². The standard InChI is InChI=1S/C19H25N7O/c1-12-10-20-25(4)19(12)15-8-16(21-17-7-13(2)23-24-17)22-18(9-15)26-5-6-27-11-14(26)3/h7-10,14H,5-6,11H2,1-4H3,(H2,21,22,23,24)/t14-/m1/s1. The fraction of sp³-hybridized carbons (Fsp3) is 0.421. The van der Waals surface area contributed by atoms with Crippen molar-refractivity contribution in [2.75, 3.05) is 30.0 Å². The van der Waals surface area contributed by atoms with Gasteiger partial charge in [0.05, 0.1) is 31.1 Å². The van der Waals surface area contributed by atoms with Gasteiger partial charge in [0.1, 0.15) is 11.6 Å². The summed E-state index contributed by atoms with van der Waals surface area (Å²) < 4.78 is 7.49. The van der Waals surface area contributed by atoms with E-state index in [1.807, 2.05) is 37.0 Å². The third kappa shape index (κ3) is 3.52. The van der Waals surface area contributed by atoms with Crippen LogP contribution >= 0.6 is 0 Å². The van der Waals surface area contributed by atoms with Crippen molar-refractivity contribution in [3.05, 3.63) is 35.7 Å². The van der Waals surface area contributed by atoms with Crippen molar-refractivity contribution in [3.8, 4) is 11.3 Å². The minimum atomic E-state index is 0.273. The molecule has 27 heavy (non-hydrogen) atoms. The van der Waals surface area contributed by atoms with Crippen LogP contribution in [0.4, 0.5) is 17.5 Å². The maximum Gasteiger partial charge on any atom is 0.153 e. The lowest BCUT2D eigenvalue weighted by atomic mass is 10.1. The van der Waals surface area contributed by atoms with E-state index in [1.165, 1.54) is 0 Å². The van der Waals surface area contributed by atoms with E-state index in [-0.39, 0.29) is 6.04 Å². The first-order valence-electron chi connectivity index (χ1n) is 9.16. The molecule has 1 aliphatic rings. The van der Waals surface area contributed by atoms with E-state index >= 15 is 0 Å². The van der Waals surface area contributed by atoms with Gasteiger partial charge in [-0.25, -0.2) is 4.98 Å². The van der Waals surface area contributed by atoms with E-state index in [4.69, 9.17) is 9.72 Å². The lowest BCUT2D eigenvalue weighted by Crippen LogP contribution is -2.44. The summed E-state index contributed by atoms with van der Waals surface area (Å²) in [6.45, 7) is 8.45. The van der Waals surface area contributed by atoms with E-state index in [0.717, 1.165) is 46.5 Å². The third-order valence-electron chi connectivity index (χ3n) is 4.83. The van der Waals surface area contributed by atoms with Crippen molar-refractivity contribution in [2.45, 2.75) is 26.8 Å². The minimum Gasteiger partial charge on any atom is -0.377 e. The van der Waals surface area contributed by atoms with Crippen LogP contribution in [-0.2, 0) is 11.8 Å². The fourth-order valence-electron chi connectivity index (χ4n) is 3.51. The predicted molar refractivity (Wildman–Crippen MR) is 105 cm³/mol. The van der Waals surface area contributed by atoms with Gasteiger partial charge < -0.3 is 15.0 Å². The summed E-state index contributed by atoms with van der Waals surface area (Å²) in [5.74, 6) is 2.44. The van der Waals surface area contributed by atoms with Crippen molar-refractivity contribution in [2.24, 2.45) is 7.05 Å². The summed E-state index contributed by atoms with van der Waals surface area (Å²) in [6, 6.07) is 6.41. The second-order valence-corrected chi connectivity index (χ2v) is 7.08. The molecule has 1 saturated heterocycles. The molecule has 0 amide bonds. The van der Waals surface area contributed by atoms with Crippen LogP contribution in [0.3, 0.4) is 0 Å². The molecule has 0 bridgehead atoms. The molecule has 2 N–H and O–H groups in total. The number of nitrogens with zero attached hydrogens (tertiary/aromatic N) is 5. The van der Waals surface area contributed by atoms with Gasteiger partial charge in [-0.2, -0.15) is 10.2 Å². The molecule has 142 valence electrons. The Bertz CT molecular complexity index is 926. The largest absolute Gasteiger partial charge is 0.377 e. The molecule has 3 aromatic rings. The second kappa shape index (κ2) is 7.03. The van der Waals surface area contributed by atoms with Gasteiger partial charge in [-0.3, -0.25) is 9.78 Å². The van der Waals surface area contributed by atoms with Gasteiger partial charge in [0.2, 0.25) is 0 Å². The topological polar surface area (TPSA) is 83.9 Å². The molecule has 4 rings (SSSR count). The summed E-state index contributed by atoms with van der Waals surface area (Å²) in [6.07, 6.45) is 1.89. The summed E-state index contributed by atoms with van der Waals surface area (Å²) in [7, 11) is 1.96. The van der Waals surface area contributed by atoms with Crippen LogP contribution in [0.2, 0.25) is 0 Å². The van der Waals surface area contributed by atoms with E-state index in [1.54, 1.807) is 0 Å². The van der Waals surface area contributed by atoms with E-state index in [9.17, 15) is 0 Å². The van der Waals surface area contributed by atoms with Crippen LogP contribution in [0.25, 0.3) is 11.3 Å². The van der Waals surface area contributed by atoms with E-state index in [2.05, 4.69) is 45.4 Å². The molecule has 3 aromatic heterocycles. The van der Waals surface area contributed by atoms with Gasteiger partial charge in [0, 0.05) is 30.9 Å². The number of rotatable bonds is 4. The Kier molecular flexibility index (Phi) is 4.57. The number of morpholine rings is 1. The average Bonchev–Trinajstić information content (AvgIpc) is 3.20. The lowest BCUT2D eigenvalue weighted by molar-refractivity contribution is 0.0985. The number of aromatic amines is 1. The van der Waals surface area contributed by atoms with Crippen LogP contribution in [0.15, 0.2) is 24.4 Å². The number of hydrogen-bond donors (Lipinski definition) is 2. The quantitative estimate of drug-likeness (QED) is 0.738. The Morgan fingerprint density at radius 1 is 1.22 bits per heavy atom. The number of aromatic nitrogens is 5. The Balaban J connectivity index is 1.78. The monoisotopic (exact) mass is 367 g/mol. The van der Waals surface area contributed by atoms with Crippen LogP contribution in [-0.4, -0.2) is 50.8 Å². The van der Waals surface area contributed by atoms with Gasteiger partial charge in [0.25, 0.3) is 0 Å². The molecule has 8 heteroatoms. The highest BCUT2D eigenvalue weighted by atomic mass is 16.5. The zero-order valence-electron chi connectivity index (χ0n) is 16.2. The highest BCUT2D eigenvalue weighted by Gasteiger charge is 2.22. The molecule has 1 atom stereocenters. The molecular formula is C19H25N7O. The number of H-pyrrole nitrogens is 1. The Morgan fingerprint density at radius 3 is 2.74 bits per heavy atom. The SMILES string of the molecule is Cc1cc(Nc2cc(-c3c(C)cnn3C)cc(N3CCOC[C@H]3C)n2)n[nH]1. The molecule has 4 heterocycles. The molecular weight excluding hydrogens is 342 g/mol. The Morgan fingerprint density at radius 2 is 2.07 bits per heavy atom. The smallest absolute Gasteiger partial charge is 0.153 e.